The lowest BCUT2D eigenvalue weighted by Gasteiger charge is -2.42. The van der Waals surface area contributed by atoms with Crippen molar-refractivity contribution in [2.45, 2.75) is 50.3 Å². The van der Waals surface area contributed by atoms with E-state index in [1.54, 1.807) is 26.8 Å². The Morgan fingerprint density at radius 3 is 2.30 bits per heavy atom. The highest BCUT2D eigenvalue weighted by molar-refractivity contribution is 7.87. The van der Waals surface area contributed by atoms with Crippen LogP contribution in [0, 0.1) is 0 Å². The van der Waals surface area contributed by atoms with Crippen molar-refractivity contribution in [1.29, 1.82) is 0 Å². The molecule has 0 atom stereocenters. The van der Waals surface area contributed by atoms with E-state index in [1.807, 2.05) is 0 Å². The maximum atomic E-state index is 12.8. The van der Waals surface area contributed by atoms with Crippen LogP contribution in [0.25, 0.3) is 5.76 Å². The van der Waals surface area contributed by atoms with Crippen LogP contribution < -0.4 is 4.74 Å². The minimum Gasteiger partial charge on any atom is -0.482 e. The predicted octanol–water partition coefficient (Wildman–Crippen LogP) is 4.06. The first-order valence-electron chi connectivity index (χ1n) is 9.21. The van der Waals surface area contributed by atoms with Crippen molar-refractivity contribution >= 4 is 22.0 Å². The van der Waals surface area contributed by atoms with Crippen LogP contribution in [-0.4, -0.2) is 49.2 Å². The molecule has 11 heteroatoms. The van der Waals surface area contributed by atoms with E-state index in [-0.39, 0.29) is 37.2 Å². The fraction of sp³-hybridized carbons (Fsp3) is 0.526. The zero-order chi connectivity index (χ0) is 22.4. The average molecular weight is 449 g/mol. The lowest BCUT2D eigenvalue weighted by Crippen LogP contribution is -2.50. The number of halogens is 3. The molecule has 7 nitrogen and oxygen atoms in total. The number of carbonyl (C=O) groups excluding carboxylic acids is 1. The highest BCUT2D eigenvalue weighted by Gasteiger charge is 2.50. The first kappa shape index (κ1) is 22.3. The molecule has 30 heavy (non-hydrogen) atoms. The Labute approximate surface area is 172 Å². The largest absolute Gasteiger partial charge is 0.534 e. The van der Waals surface area contributed by atoms with E-state index < -0.39 is 38.7 Å². The Bertz CT molecular complexity index is 957. The number of carbonyl (C=O) groups is 1. The van der Waals surface area contributed by atoms with Crippen molar-refractivity contribution in [2.24, 2.45) is 0 Å². The number of rotatable bonds is 2. The van der Waals surface area contributed by atoms with Gasteiger partial charge >= 0.3 is 21.7 Å². The van der Waals surface area contributed by atoms with Crippen molar-refractivity contribution in [3.05, 3.63) is 35.9 Å². The van der Waals surface area contributed by atoms with Gasteiger partial charge in [0, 0.05) is 32.0 Å². The van der Waals surface area contributed by atoms with Gasteiger partial charge in [-0.05, 0) is 32.9 Å². The van der Waals surface area contributed by atoms with Crippen LogP contribution >= 0.6 is 0 Å². The summed E-state index contributed by atoms with van der Waals surface area (Å²) in [6.07, 6.45) is 1.19. The fourth-order valence-corrected chi connectivity index (χ4v) is 3.67. The molecule has 2 heterocycles. The van der Waals surface area contributed by atoms with E-state index in [4.69, 9.17) is 9.47 Å². The molecule has 3 rings (SSSR count). The molecule has 1 aromatic rings. The van der Waals surface area contributed by atoms with E-state index in [0.717, 1.165) is 0 Å². The summed E-state index contributed by atoms with van der Waals surface area (Å²) in [6.45, 7) is 5.65. The summed E-state index contributed by atoms with van der Waals surface area (Å²) < 4.78 is 77.5. The van der Waals surface area contributed by atoms with E-state index in [9.17, 15) is 26.4 Å². The molecule has 1 saturated heterocycles. The Morgan fingerprint density at radius 2 is 1.73 bits per heavy atom. The monoisotopic (exact) mass is 449 g/mol. The third-order valence-corrected chi connectivity index (χ3v) is 5.57. The SMILES string of the molecule is CC(C)(C)OC(=O)N1CCC2(C=C(OS(=O)(=O)C(F)(F)F)c3ccccc3O2)CC1. The van der Waals surface area contributed by atoms with Gasteiger partial charge in [-0.15, -0.1) is 0 Å². The van der Waals surface area contributed by atoms with Gasteiger partial charge in [0.2, 0.25) is 0 Å². The van der Waals surface area contributed by atoms with Crippen LogP contribution in [0.2, 0.25) is 0 Å². The second-order valence-corrected chi connectivity index (χ2v) is 9.66. The zero-order valence-corrected chi connectivity index (χ0v) is 17.5. The topological polar surface area (TPSA) is 82.1 Å². The number of hydrogen-bond acceptors (Lipinski definition) is 6. The Balaban J connectivity index is 1.86. The zero-order valence-electron chi connectivity index (χ0n) is 16.7. The van der Waals surface area contributed by atoms with Crippen molar-refractivity contribution in [1.82, 2.24) is 4.90 Å². The number of piperidine rings is 1. The third kappa shape index (κ3) is 4.66. The van der Waals surface area contributed by atoms with Gasteiger partial charge in [-0.2, -0.15) is 21.6 Å². The number of benzene rings is 1. The van der Waals surface area contributed by atoms with Crippen molar-refractivity contribution in [3.8, 4) is 5.75 Å². The smallest absolute Gasteiger partial charge is 0.482 e. The maximum absolute atomic E-state index is 12.8. The molecule has 0 aromatic heterocycles. The molecule has 0 aliphatic carbocycles. The normalized spacial score (nSPS) is 18.9. The molecule has 0 bridgehead atoms. The minimum atomic E-state index is -5.85. The summed E-state index contributed by atoms with van der Waals surface area (Å²) in [5.41, 5.74) is -7.23. The molecule has 2 aliphatic heterocycles. The van der Waals surface area contributed by atoms with Crippen LogP contribution in [0.15, 0.2) is 30.3 Å². The molecular formula is C19H22F3NO6S. The molecule has 0 unspecified atom stereocenters. The maximum Gasteiger partial charge on any atom is 0.534 e. The quantitative estimate of drug-likeness (QED) is 0.500. The van der Waals surface area contributed by atoms with E-state index in [2.05, 4.69) is 4.18 Å². The van der Waals surface area contributed by atoms with E-state index >= 15 is 0 Å². The highest BCUT2D eigenvalue weighted by Crippen LogP contribution is 2.43. The molecule has 1 amide bonds. The van der Waals surface area contributed by atoms with Crippen LogP contribution in [-0.2, 0) is 19.0 Å². The Kier molecular flexibility index (Phi) is 5.46. The number of hydrogen-bond donors (Lipinski definition) is 0. The molecule has 0 radical (unpaired) electrons. The summed E-state index contributed by atoms with van der Waals surface area (Å²) in [5.74, 6) is -0.238. The molecular weight excluding hydrogens is 427 g/mol. The number of ether oxygens (including phenoxy) is 2. The standard InChI is InChI=1S/C19H22F3NO6S/c1-17(2,3)28-16(24)23-10-8-18(9-11-23)12-15(29-30(25,26)19(20,21)22)13-6-4-5-7-14(13)27-18/h4-7,12H,8-11H2,1-3H3. The van der Waals surface area contributed by atoms with Gasteiger partial charge < -0.3 is 18.6 Å². The number of amides is 1. The van der Waals surface area contributed by atoms with Crippen molar-refractivity contribution < 1.29 is 40.0 Å². The second kappa shape index (κ2) is 7.36. The molecule has 2 aliphatic rings. The van der Waals surface area contributed by atoms with Crippen molar-refractivity contribution in [2.75, 3.05) is 13.1 Å². The number of nitrogens with zero attached hydrogens (tertiary/aromatic N) is 1. The third-order valence-electron chi connectivity index (χ3n) is 4.60. The van der Waals surface area contributed by atoms with Crippen LogP contribution in [0.3, 0.4) is 0 Å². The van der Waals surface area contributed by atoms with E-state index in [0.29, 0.717) is 0 Å². The van der Waals surface area contributed by atoms with Gasteiger partial charge in [0.05, 0.1) is 5.56 Å². The van der Waals surface area contributed by atoms with Gasteiger partial charge in [-0.25, -0.2) is 4.79 Å². The average Bonchev–Trinajstić information content (AvgIpc) is 2.59. The molecule has 0 N–H and O–H groups in total. The van der Waals surface area contributed by atoms with E-state index in [1.165, 1.54) is 29.2 Å². The first-order chi connectivity index (χ1) is 13.7. The summed E-state index contributed by atoms with van der Waals surface area (Å²) in [5, 5.41) is 0. The predicted molar refractivity (Wildman–Crippen MR) is 101 cm³/mol. The highest BCUT2D eigenvalue weighted by atomic mass is 32.2. The fourth-order valence-electron chi connectivity index (χ4n) is 3.20. The van der Waals surface area contributed by atoms with Gasteiger partial charge in [0.25, 0.3) is 0 Å². The summed E-state index contributed by atoms with van der Waals surface area (Å²) >= 11 is 0. The number of fused-ring (bicyclic) bond motifs is 1. The number of alkyl halides is 3. The molecule has 1 fully saturated rings. The van der Waals surface area contributed by atoms with Crippen LogP contribution in [0.4, 0.5) is 18.0 Å². The molecule has 1 aromatic carbocycles. The van der Waals surface area contributed by atoms with Crippen LogP contribution in [0.1, 0.15) is 39.2 Å². The molecule has 166 valence electrons. The number of likely N-dealkylation sites (tertiary alicyclic amines) is 1. The van der Waals surface area contributed by atoms with Crippen LogP contribution in [0.5, 0.6) is 5.75 Å². The van der Waals surface area contributed by atoms with Gasteiger partial charge in [-0.3, -0.25) is 0 Å². The summed E-state index contributed by atoms with van der Waals surface area (Å²) in [7, 11) is -5.85. The lowest BCUT2D eigenvalue weighted by atomic mass is 9.87. The molecule has 1 spiro atoms. The Morgan fingerprint density at radius 1 is 1.13 bits per heavy atom. The first-order valence-corrected chi connectivity index (χ1v) is 10.6. The van der Waals surface area contributed by atoms with Gasteiger partial charge in [0.1, 0.15) is 17.0 Å². The van der Waals surface area contributed by atoms with Gasteiger partial charge in [-0.1, -0.05) is 12.1 Å². The lowest BCUT2D eigenvalue weighted by molar-refractivity contribution is -0.0512. The number of para-hydroxylation sites is 1. The van der Waals surface area contributed by atoms with Gasteiger partial charge in [0.15, 0.2) is 5.76 Å². The minimum absolute atomic E-state index is 0.102. The summed E-state index contributed by atoms with van der Waals surface area (Å²) in [4.78, 5) is 13.7. The molecule has 0 saturated carbocycles. The Hall–Kier alpha value is -2.43. The van der Waals surface area contributed by atoms with Crippen molar-refractivity contribution in [3.63, 3.8) is 0 Å². The summed E-state index contributed by atoms with van der Waals surface area (Å²) in [6, 6.07) is 6.08. The second-order valence-electron chi connectivity index (χ2n) is 8.12.